The van der Waals surface area contributed by atoms with E-state index in [-0.39, 0.29) is 124 Å². The van der Waals surface area contributed by atoms with Crippen molar-refractivity contribution in [2.45, 2.75) is 101 Å². The molecule has 2 radical (unpaired) electrons. The number of hydrogen-bond acceptors (Lipinski definition) is 12. The van der Waals surface area contributed by atoms with E-state index in [9.17, 15) is 39.9 Å². The first-order valence-corrected chi connectivity index (χ1v) is 16.7. The van der Waals surface area contributed by atoms with E-state index in [0.717, 1.165) is 11.3 Å². The summed E-state index contributed by atoms with van der Waals surface area (Å²) in [6, 6.07) is 12.1. The molecule has 11 nitrogen and oxygen atoms in total. The zero-order chi connectivity index (χ0) is 34.3. The number of fused-ring (bicyclic) bond motifs is 5. The summed E-state index contributed by atoms with van der Waals surface area (Å²) in [6.07, 6.45) is -9.25. The Labute approximate surface area is 360 Å². The normalized spacial score (nSPS) is 37.3. The molecule has 260 valence electrons. The summed E-state index contributed by atoms with van der Waals surface area (Å²) in [5.74, 6) is -4.72. The summed E-state index contributed by atoms with van der Waals surface area (Å²) in [6.45, 7) is 7.59. The topological polar surface area (TPSA) is 180 Å². The molecule has 2 saturated carbocycles. The molecule has 2 bridgehead atoms. The minimum Gasteiger partial charge on any atom is -0.456 e. The Hall–Kier alpha value is -0.0869. The van der Waals surface area contributed by atoms with Crippen LogP contribution >= 0.6 is 11.3 Å². The van der Waals surface area contributed by atoms with Crippen LogP contribution in [0.3, 0.4) is 0 Å². The smallest absolute Gasteiger partial charge is 0.348 e. The first-order valence-electron chi connectivity index (χ1n) is 15.9. The van der Waals surface area contributed by atoms with Gasteiger partial charge in [0.25, 0.3) is 0 Å². The van der Waals surface area contributed by atoms with Gasteiger partial charge in [-0.15, -0.1) is 11.3 Å². The van der Waals surface area contributed by atoms with Crippen LogP contribution < -0.4 is 0 Å². The maximum Gasteiger partial charge on any atom is 0.348 e. The van der Waals surface area contributed by atoms with E-state index >= 15 is 0 Å². The van der Waals surface area contributed by atoms with Crippen LogP contribution in [0.5, 0.6) is 0 Å². The number of carbonyl (C=O) groups is 3. The summed E-state index contributed by atoms with van der Waals surface area (Å²) in [7, 11) is 0. The van der Waals surface area contributed by atoms with Gasteiger partial charge in [0.05, 0.1) is 24.2 Å². The zero-order valence-electron chi connectivity index (χ0n) is 28.1. The van der Waals surface area contributed by atoms with Crippen molar-refractivity contribution in [3.8, 4) is 0 Å². The van der Waals surface area contributed by atoms with Crippen molar-refractivity contribution in [1.82, 2.24) is 0 Å². The molecule has 1 aromatic carbocycles. The molecule has 3 fully saturated rings. The molecule has 1 aromatic heterocycles. The number of ketones is 1. The van der Waals surface area contributed by atoms with Crippen LogP contribution in [-0.4, -0.2) is 97.7 Å². The number of thiophene rings is 1. The molecule has 6 rings (SSSR count). The van der Waals surface area contributed by atoms with Gasteiger partial charge in [-0.2, -0.15) is 0 Å². The second-order valence-electron chi connectivity index (χ2n) is 14.3. The van der Waals surface area contributed by atoms with Gasteiger partial charge in [-0.05, 0) is 42.0 Å². The van der Waals surface area contributed by atoms with Gasteiger partial charge in [-0.25, -0.2) is 9.59 Å². The van der Waals surface area contributed by atoms with Gasteiger partial charge in [0, 0.05) is 118 Å². The van der Waals surface area contributed by atoms with Gasteiger partial charge in [0.15, 0.2) is 11.9 Å². The number of aliphatic hydroxyl groups excluding tert-OH is 3. The van der Waals surface area contributed by atoms with Crippen molar-refractivity contribution in [3.63, 3.8) is 0 Å². The number of esters is 2. The standard InChI is InChI=1S/C35H42O11S.2Ac/c1-17(19-10-7-6-8-11-19)25(37)31(41)45-20-15-35(43)29(46-30(40)21-12-9-13-47-21)27-33(5,22(36)14-23-34(27,42)16-44-23)28(39)26(38)24(18(20)2)32(35,3)4;;/h6-13,17,20,22-23,25-27,29,36-38,42-43H,14-16H2,1-5H3;;/t17-,20?,22?,23?,25?,26?,27?,29?,33+,34?,35?;;/m0../s1. The van der Waals surface area contributed by atoms with Gasteiger partial charge >= 0.3 is 11.9 Å². The number of benzene rings is 1. The van der Waals surface area contributed by atoms with E-state index in [4.69, 9.17) is 14.2 Å². The molecule has 1 aliphatic heterocycles. The van der Waals surface area contributed by atoms with E-state index in [1.807, 2.05) is 6.07 Å². The summed E-state index contributed by atoms with van der Waals surface area (Å²) < 4.78 is 17.7. The Kier molecular flexibility index (Phi) is 12.7. The maximum atomic E-state index is 14.5. The van der Waals surface area contributed by atoms with Crippen LogP contribution in [-0.2, 0) is 23.8 Å². The number of rotatable bonds is 6. The predicted molar refractivity (Wildman–Crippen MR) is 168 cm³/mol. The fourth-order valence-electron chi connectivity index (χ4n) is 8.54. The van der Waals surface area contributed by atoms with Gasteiger partial charge in [0.2, 0.25) is 0 Å². The Morgan fingerprint density at radius 1 is 1.02 bits per heavy atom. The monoisotopic (exact) mass is 1120 g/mol. The molecule has 0 amide bonds. The Morgan fingerprint density at radius 3 is 2.24 bits per heavy atom. The molecule has 5 N–H and O–H groups in total. The van der Waals surface area contributed by atoms with E-state index in [2.05, 4.69) is 0 Å². The van der Waals surface area contributed by atoms with Crippen LogP contribution in [0.2, 0.25) is 0 Å². The third kappa shape index (κ3) is 6.47. The number of carbonyl (C=O) groups excluding carboxylic acids is 3. The second-order valence-corrected chi connectivity index (χ2v) is 15.2. The molecule has 4 aliphatic rings. The molecular formula is C35H42Ac2O11S. The SMILES string of the molecule is CC1=C2C(O)C(=O)[C@]3(C)C(O)CC4OCC4(O)C3C(OC(=O)c3cccs3)C(O)(CC1OC(=O)C(O)[C@@H](C)c1ccccc1)C2(C)C.[Ac].[Ac]. The van der Waals surface area contributed by atoms with Crippen molar-refractivity contribution in [2.24, 2.45) is 16.7 Å². The molecule has 9 unspecified atom stereocenters. The van der Waals surface area contributed by atoms with E-state index in [0.29, 0.717) is 5.56 Å². The fourth-order valence-corrected chi connectivity index (χ4v) is 9.15. The van der Waals surface area contributed by atoms with Crippen molar-refractivity contribution in [1.29, 1.82) is 0 Å². The van der Waals surface area contributed by atoms with Crippen LogP contribution in [0.4, 0.5) is 0 Å². The Morgan fingerprint density at radius 2 is 1.67 bits per heavy atom. The van der Waals surface area contributed by atoms with Crippen molar-refractivity contribution < 1.29 is 142 Å². The largest absolute Gasteiger partial charge is 0.456 e. The van der Waals surface area contributed by atoms with Crippen molar-refractivity contribution in [3.05, 3.63) is 69.4 Å². The Bertz CT molecular complexity index is 1600. The first-order chi connectivity index (χ1) is 22.0. The minimum absolute atomic E-state index is 0. The summed E-state index contributed by atoms with van der Waals surface area (Å²) in [5.41, 5.74) is -6.37. The van der Waals surface area contributed by atoms with Crippen LogP contribution in [0.1, 0.15) is 68.6 Å². The Balaban J connectivity index is 0.00000270. The third-order valence-corrected chi connectivity index (χ3v) is 12.5. The van der Waals surface area contributed by atoms with Crippen molar-refractivity contribution in [2.75, 3.05) is 6.61 Å². The third-order valence-electron chi connectivity index (χ3n) is 11.6. The second kappa shape index (κ2) is 15.0. The van der Waals surface area contributed by atoms with Gasteiger partial charge in [-0.1, -0.05) is 57.2 Å². The van der Waals surface area contributed by atoms with Crippen molar-refractivity contribution >= 4 is 29.1 Å². The van der Waals surface area contributed by atoms with E-state index < -0.39 is 88.2 Å². The van der Waals surface area contributed by atoms with Crippen LogP contribution in [0.15, 0.2) is 59.0 Å². The average molecular weight is 1120 g/mol. The molecule has 11 atom stereocenters. The van der Waals surface area contributed by atoms with Gasteiger partial charge in [-0.3, -0.25) is 4.79 Å². The molecule has 2 heterocycles. The molecule has 1 saturated heterocycles. The van der Waals surface area contributed by atoms with Gasteiger partial charge < -0.3 is 39.7 Å². The fraction of sp³-hybridized carbons (Fsp3) is 0.571. The maximum absolute atomic E-state index is 14.5. The molecule has 49 heavy (non-hydrogen) atoms. The number of aliphatic hydroxyl groups is 5. The predicted octanol–water partition coefficient (Wildman–Crippen LogP) is 2.29. The average Bonchev–Trinajstić information content (AvgIpc) is 3.58. The van der Waals surface area contributed by atoms with Gasteiger partial charge in [0.1, 0.15) is 34.4 Å². The molecule has 3 aliphatic carbocycles. The number of hydrogen-bond donors (Lipinski definition) is 5. The molecule has 0 spiro atoms. The first kappa shape index (κ1) is 41.7. The summed E-state index contributed by atoms with van der Waals surface area (Å²) in [4.78, 5) is 41.8. The zero-order valence-corrected chi connectivity index (χ0v) is 38.4. The molecular weight excluding hydrogens is 1080 g/mol. The van der Waals surface area contributed by atoms with Crippen LogP contribution in [0.25, 0.3) is 0 Å². The molecule has 14 heteroatoms. The number of ether oxygens (including phenoxy) is 3. The summed E-state index contributed by atoms with van der Waals surface area (Å²) in [5, 5.41) is 61.2. The quantitative estimate of drug-likeness (QED) is 0.212. The summed E-state index contributed by atoms with van der Waals surface area (Å²) >= 11 is 1.10. The molecule has 2 aromatic rings. The van der Waals surface area contributed by atoms with E-state index in [1.165, 1.54) is 13.0 Å². The number of Topliss-reactive ketones (excluding diaryl/α,β-unsaturated/α-hetero) is 1. The van der Waals surface area contributed by atoms with Crippen LogP contribution in [0, 0.1) is 105 Å². The van der Waals surface area contributed by atoms with E-state index in [1.54, 1.807) is 63.4 Å². The minimum atomic E-state index is -2.18.